The lowest BCUT2D eigenvalue weighted by Gasteiger charge is -2.29. The minimum Gasteiger partial charge on any atom is -0.0882 e. The summed E-state index contributed by atoms with van der Waals surface area (Å²) >= 11 is 0. The van der Waals surface area contributed by atoms with Crippen LogP contribution in [0.3, 0.4) is 0 Å². The molecule has 3 aromatic rings. The van der Waals surface area contributed by atoms with Crippen molar-refractivity contribution in [3.63, 3.8) is 0 Å². The standard InChI is InChI=1S/C34H40/c1-25(2)29-20-21-32(26(3)4)33(24-29)34-30(22-27-14-8-5-9-15-27)18-12-7-13-19-31(34)23-28-16-10-6-11-17-28/h5-12,14-17,20-21,24-26,30H,13,18-19,22-23H2,1-4H3/b12-7-,34-31-. The van der Waals surface area contributed by atoms with E-state index < -0.39 is 0 Å². The Kier molecular flexibility index (Phi) is 8.22. The van der Waals surface area contributed by atoms with Crippen LogP contribution in [-0.2, 0) is 12.8 Å². The third kappa shape index (κ3) is 5.98. The van der Waals surface area contributed by atoms with E-state index >= 15 is 0 Å². The van der Waals surface area contributed by atoms with E-state index in [9.17, 15) is 0 Å². The van der Waals surface area contributed by atoms with Crippen LogP contribution in [0, 0.1) is 5.92 Å². The number of rotatable bonds is 7. The van der Waals surface area contributed by atoms with Gasteiger partial charge in [-0.3, -0.25) is 0 Å². The van der Waals surface area contributed by atoms with E-state index in [4.69, 9.17) is 0 Å². The molecule has 0 aromatic heterocycles. The lowest BCUT2D eigenvalue weighted by Crippen LogP contribution is -2.14. The van der Waals surface area contributed by atoms with Crippen molar-refractivity contribution in [1.29, 1.82) is 0 Å². The maximum Gasteiger partial charge on any atom is -0.00608 e. The molecule has 4 rings (SSSR count). The van der Waals surface area contributed by atoms with Gasteiger partial charge in [0.2, 0.25) is 0 Å². The summed E-state index contributed by atoms with van der Waals surface area (Å²) in [6.07, 6.45) is 10.3. The SMILES string of the molecule is CC(C)c1ccc(C(C)C)c(/C2=C(\Cc3ccccc3)CC/C=C\CC2Cc2ccccc2)c1. The molecule has 3 aromatic carbocycles. The molecule has 1 aliphatic rings. The molecule has 0 saturated carbocycles. The van der Waals surface area contributed by atoms with Crippen molar-refractivity contribution in [2.24, 2.45) is 5.92 Å². The molecule has 176 valence electrons. The molecule has 0 saturated heterocycles. The lowest BCUT2D eigenvalue weighted by atomic mass is 9.75. The Morgan fingerprint density at radius 1 is 0.735 bits per heavy atom. The highest BCUT2D eigenvalue weighted by Crippen LogP contribution is 2.41. The number of allylic oxidation sites excluding steroid dienone is 4. The molecule has 0 fully saturated rings. The summed E-state index contributed by atoms with van der Waals surface area (Å²) in [6.45, 7) is 9.33. The van der Waals surface area contributed by atoms with E-state index in [1.807, 2.05) is 0 Å². The Morgan fingerprint density at radius 3 is 2.06 bits per heavy atom. The summed E-state index contributed by atoms with van der Waals surface area (Å²) in [5, 5.41) is 0. The third-order valence-corrected chi connectivity index (χ3v) is 7.23. The summed E-state index contributed by atoms with van der Waals surface area (Å²) in [7, 11) is 0. The Balaban J connectivity index is 1.91. The first-order valence-electron chi connectivity index (χ1n) is 13.1. The summed E-state index contributed by atoms with van der Waals surface area (Å²) in [5.41, 5.74) is 10.5. The molecule has 1 unspecified atom stereocenters. The van der Waals surface area contributed by atoms with Crippen molar-refractivity contribution < 1.29 is 0 Å². The normalized spacial score (nSPS) is 19.8. The van der Waals surface area contributed by atoms with Crippen LogP contribution in [0.2, 0.25) is 0 Å². The smallest absolute Gasteiger partial charge is 0.00608 e. The predicted octanol–water partition coefficient (Wildman–Crippen LogP) is 9.53. The second-order valence-corrected chi connectivity index (χ2v) is 10.5. The van der Waals surface area contributed by atoms with Crippen LogP contribution in [-0.4, -0.2) is 0 Å². The first-order valence-corrected chi connectivity index (χ1v) is 13.1. The van der Waals surface area contributed by atoms with Gasteiger partial charge in [0.05, 0.1) is 0 Å². The maximum atomic E-state index is 2.53. The molecule has 0 amide bonds. The first kappa shape index (κ1) is 24.3. The Labute approximate surface area is 207 Å². The van der Waals surface area contributed by atoms with Crippen molar-refractivity contribution in [3.05, 3.63) is 124 Å². The summed E-state index contributed by atoms with van der Waals surface area (Å²) < 4.78 is 0. The van der Waals surface area contributed by atoms with Gasteiger partial charge >= 0.3 is 0 Å². The van der Waals surface area contributed by atoms with Crippen LogP contribution in [0.4, 0.5) is 0 Å². The van der Waals surface area contributed by atoms with E-state index in [0.29, 0.717) is 17.8 Å². The van der Waals surface area contributed by atoms with Crippen molar-refractivity contribution in [2.75, 3.05) is 0 Å². The number of hydrogen-bond acceptors (Lipinski definition) is 0. The molecule has 0 heterocycles. The van der Waals surface area contributed by atoms with Gasteiger partial charge in [-0.1, -0.05) is 124 Å². The predicted molar refractivity (Wildman–Crippen MR) is 148 cm³/mol. The summed E-state index contributed by atoms with van der Waals surface area (Å²) in [6, 6.07) is 29.5. The van der Waals surface area contributed by atoms with Crippen LogP contribution in [0.5, 0.6) is 0 Å². The maximum absolute atomic E-state index is 2.53. The fraction of sp³-hybridized carbons (Fsp3) is 0.353. The average molecular weight is 449 g/mol. The van der Waals surface area contributed by atoms with Gasteiger partial charge in [0.25, 0.3) is 0 Å². The molecule has 0 heteroatoms. The molecule has 0 spiro atoms. The van der Waals surface area contributed by atoms with Crippen LogP contribution in [0.25, 0.3) is 5.57 Å². The van der Waals surface area contributed by atoms with E-state index in [0.717, 1.165) is 32.1 Å². The van der Waals surface area contributed by atoms with Crippen LogP contribution >= 0.6 is 0 Å². The van der Waals surface area contributed by atoms with Crippen LogP contribution in [0.1, 0.15) is 86.6 Å². The van der Waals surface area contributed by atoms with E-state index in [-0.39, 0.29) is 0 Å². The van der Waals surface area contributed by atoms with Gasteiger partial charge in [0.1, 0.15) is 0 Å². The van der Waals surface area contributed by atoms with E-state index in [1.165, 1.54) is 27.8 Å². The average Bonchev–Trinajstić information content (AvgIpc) is 2.83. The zero-order valence-electron chi connectivity index (χ0n) is 21.4. The molecule has 0 radical (unpaired) electrons. The molecular weight excluding hydrogens is 408 g/mol. The van der Waals surface area contributed by atoms with E-state index in [2.05, 4.69) is 119 Å². The molecule has 34 heavy (non-hydrogen) atoms. The second-order valence-electron chi connectivity index (χ2n) is 10.5. The van der Waals surface area contributed by atoms with Gasteiger partial charge in [-0.2, -0.15) is 0 Å². The fourth-order valence-electron chi connectivity index (χ4n) is 5.37. The van der Waals surface area contributed by atoms with Crippen molar-refractivity contribution in [3.8, 4) is 0 Å². The molecule has 1 aliphatic carbocycles. The Hall–Kier alpha value is -2.86. The first-order chi connectivity index (χ1) is 16.5. The van der Waals surface area contributed by atoms with Crippen molar-refractivity contribution >= 4 is 5.57 Å². The Morgan fingerprint density at radius 2 is 1.41 bits per heavy atom. The summed E-state index contributed by atoms with van der Waals surface area (Å²) in [5.74, 6) is 1.51. The van der Waals surface area contributed by atoms with Gasteiger partial charge < -0.3 is 0 Å². The molecule has 1 atom stereocenters. The quantitative estimate of drug-likeness (QED) is 0.316. The van der Waals surface area contributed by atoms with Crippen molar-refractivity contribution in [2.45, 2.75) is 71.6 Å². The topological polar surface area (TPSA) is 0 Å². The second kappa shape index (κ2) is 11.5. The largest absolute Gasteiger partial charge is 0.0882 e. The van der Waals surface area contributed by atoms with Gasteiger partial charge in [-0.25, -0.2) is 0 Å². The van der Waals surface area contributed by atoms with Gasteiger partial charge in [-0.15, -0.1) is 0 Å². The highest BCUT2D eigenvalue weighted by Gasteiger charge is 2.24. The monoisotopic (exact) mass is 448 g/mol. The summed E-state index contributed by atoms with van der Waals surface area (Å²) in [4.78, 5) is 0. The van der Waals surface area contributed by atoms with Crippen LogP contribution in [0.15, 0.2) is 96.6 Å². The highest BCUT2D eigenvalue weighted by atomic mass is 14.3. The highest BCUT2D eigenvalue weighted by molar-refractivity contribution is 5.75. The van der Waals surface area contributed by atoms with Crippen molar-refractivity contribution in [1.82, 2.24) is 0 Å². The van der Waals surface area contributed by atoms with E-state index in [1.54, 1.807) is 11.1 Å². The zero-order chi connectivity index (χ0) is 23.9. The van der Waals surface area contributed by atoms with Gasteiger partial charge in [0.15, 0.2) is 0 Å². The third-order valence-electron chi connectivity index (χ3n) is 7.23. The molecule has 0 bridgehead atoms. The Bertz CT molecular complexity index is 1110. The fourth-order valence-corrected chi connectivity index (χ4v) is 5.37. The molecular formula is C34H40. The minimum atomic E-state index is 0.484. The molecule has 0 aliphatic heterocycles. The van der Waals surface area contributed by atoms with Gasteiger partial charge in [-0.05, 0) is 83.2 Å². The number of hydrogen-bond donors (Lipinski definition) is 0. The van der Waals surface area contributed by atoms with Gasteiger partial charge in [0, 0.05) is 0 Å². The zero-order valence-corrected chi connectivity index (χ0v) is 21.4. The molecule has 0 N–H and O–H groups in total. The lowest BCUT2D eigenvalue weighted by molar-refractivity contribution is 0.658. The van der Waals surface area contributed by atoms with Crippen LogP contribution < -0.4 is 0 Å². The molecule has 0 nitrogen and oxygen atoms in total. The number of benzene rings is 3. The minimum absolute atomic E-state index is 0.484.